The van der Waals surface area contributed by atoms with Crippen molar-refractivity contribution in [2.24, 2.45) is 0 Å². The van der Waals surface area contributed by atoms with Gasteiger partial charge in [-0.1, -0.05) is 96.7 Å². The van der Waals surface area contributed by atoms with Gasteiger partial charge < -0.3 is 0 Å². The Kier molecular flexibility index (Phi) is 2.28. The molecular formula is C39H25N5. The molecule has 44 heavy (non-hydrogen) atoms. The fourth-order valence-corrected chi connectivity index (χ4v) is 4.96. The lowest BCUT2D eigenvalue weighted by Gasteiger charge is -2.15. The largest absolute Gasteiger partial charge is 0.294 e. The molecule has 5 nitrogen and oxygen atoms in total. The van der Waals surface area contributed by atoms with Crippen molar-refractivity contribution in [1.29, 1.82) is 0 Å². The maximum absolute atomic E-state index is 9.67. The zero-order chi connectivity index (χ0) is 50.8. The van der Waals surface area contributed by atoms with Gasteiger partial charge in [0.2, 0.25) is 0 Å². The molecular weight excluding hydrogens is 538 g/mol. The number of aromatic nitrogens is 5. The van der Waals surface area contributed by atoms with Gasteiger partial charge in [0.15, 0.2) is 5.82 Å². The predicted octanol–water partition coefficient (Wildman–Crippen LogP) is 9.40. The molecule has 0 spiro atoms. The Morgan fingerprint density at radius 2 is 1.07 bits per heavy atom. The van der Waals surface area contributed by atoms with Crippen LogP contribution in [0.5, 0.6) is 0 Å². The van der Waals surface area contributed by atoms with Crippen molar-refractivity contribution < 1.29 is 34.3 Å². The van der Waals surface area contributed by atoms with Gasteiger partial charge in [-0.15, -0.1) is 0 Å². The highest BCUT2D eigenvalue weighted by molar-refractivity contribution is 6.09. The number of fused-ring (bicyclic) bond motifs is 6. The molecule has 5 heteroatoms. The maximum Gasteiger partial charge on any atom is 0.164 e. The summed E-state index contributed by atoms with van der Waals surface area (Å²) >= 11 is 0. The summed E-state index contributed by atoms with van der Waals surface area (Å²) in [6, 6.07) is -21.4. The van der Waals surface area contributed by atoms with Gasteiger partial charge in [-0.05, 0) is 42.3 Å². The van der Waals surface area contributed by atoms with Gasteiger partial charge in [0.25, 0.3) is 0 Å². The van der Waals surface area contributed by atoms with Crippen LogP contribution in [0.3, 0.4) is 0 Å². The predicted molar refractivity (Wildman–Crippen MR) is 179 cm³/mol. The summed E-state index contributed by atoms with van der Waals surface area (Å²) in [6.45, 7) is 0. The zero-order valence-electron chi connectivity index (χ0n) is 46.7. The molecule has 5 aromatic carbocycles. The summed E-state index contributed by atoms with van der Waals surface area (Å²) in [5.41, 5.74) is -5.71. The van der Waals surface area contributed by atoms with Gasteiger partial charge in [-0.3, -0.25) is 9.13 Å². The smallest absolute Gasteiger partial charge is 0.164 e. The van der Waals surface area contributed by atoms with E-state index in [1.807, 2.05) is 0 Å². The molecule has 206 valence electrons. The standard InChI is InChI=1S/C39H25N5/c1-2-13-26(14-3-1)32-25-37(43-33-20-8-4-15-27(33)28-16-5-9-21-34(28)43)42-38(41-32)31-18-7-11-23-36(31)44-35-22-10-6-17-29(35)30-19-12-24-40-39(30)44/h1-25H/i1D,2D,3D,4D,5D,6D,7D,8D,9D,10D,11D,12D,13D,14D,15D,16D,17D,18D,19D,20D,21D,22D,23D,24D,25D. The van der Waals surface area contributed by atoms with Gasteiger partial charge in [0.1, 0.15) is 11.5 Å². The van der Waals surface area contributed by atoms with E-state index >= 15 is 0 Å². The minimum Gasteiger partial charge on any atom is -0.294 e. The lowest BCUT2D eigenvalue weighted by atomic mass is 10.1. The topological polar surface area (TPSA) is 48.5 Å². The van der Waals surface area contributed by atoms with E-state index in [4.69, 9.17) is 30.2 Å². The van der Waals surface area contributed by atoms with Crippen LogP contribution in [-0.4, -0.2) is 24.1 Å². The molecule has 0 saturated carbocycles. The molecule has 4 heterocycles. The molecule has 0 saturated heterocycles. The molecule has 0 radical (unpaired) electrons. The summed E-state index contributed by atoms with van der Waals surface area (Å²) in [5.74, 6) is -1.83. The van der Waals surface area contributed by atoms with Gasteiger partial charge in [-0.25, -0.2) is 15.0 Å². The Bertz CT molecular complexity index is 3810. The molecule has 0 amide bonds. The maximum atomic E-state index is 9.67. The van der Waals surface area contributed by atoms with Crippen molar-refractivity contribution in [2.75, 3.05) is 0 Å². The molecule has 0 atom stereocenters. The van der Waals surface area contributed by atoms with Crippen LogP contribution in [0.2, 0.25) is 0 Å². The van der Waals surface area contributed by atoms with Crippen molar-refractivity contribution >= 4 is 43.7 Å². The highest BCUT2D eigenvalue weighted by Crippen LogP contribution is 2.37. The number of rotatable bonds is 4. The highest BCUT2D eigenvalue weighted by Gasteiger charge is 2.20. The Hall–Kier alpha value is -6.07. The summed E-state index contributed by atoms with van der Waals surface area (Å²) in [5, 5.41) is -1.90. The third-order valence-corrected chi connectivity index (χ3v) is 6.74. The Morgan fingerprint density at radius 1 is 0.500 bits per heavy atom. The molecule has 0 fully saturated rings. The minimum absolute atomic E-state index is 0.451. The quantitative estimate of drug-likeness (QED) is 0.206. The van der Waals surface area contributed by atoms with Crippen LogP contribution in [-0.2, 0) is 0 Å². The van der Waals surface area contributed by atoms with Crippen LogP contribution in [0.1, 0.15) is 34.3 Å². The number of para-hydroxylation sites is 4. The van der Waals surface area contributed by atoms with E-state index in [0.29, 0.717) is 0 Å². The Morgan fingerprint density at radius 3 is 1.80 bits per heavy atom. The lowest BCUT2D eigenvalue weighted by Crippen LogP contribution is -2.05. The van der Waals surface area contributed by atoms with Gasteiger partial charge in [0.05, 0.1) is 62.2 Å². The minimum atomic E-state index is -1.03. The van der Waals surface area contributed by atoms with Crippen LogP contribution in [0.4, 0.5) is 0 Å². The fraction of sp³-hybridized carbons (Fsp3) is 0. The first-order chi connectivity index (χ1) is 32.2. The number of hydrogen-bond acceptors (Lipinski definition) is 3. The summed E-state index contributed by atoms with van der Waals surface area (Å²) in [6.07, 6.45) is -0.866. The van der Waals surface area contributed by atoms with Crippen molar-refractivity contribution in [3.05, 3.63) is 151 Å². The summed E-state index contributed by atoms with van der Waals surface area (Å²) in [4.78, 5) is 13.1. The van der Waals surface area contributed by atoms with Crippen LogP contribution >= 0.6 is 0 Å². The van der Waals surface area contributed by atoms with Gasteiger partial charge in [-0.2, -0.15) is 0 Å². The van der Waals surface area contributed by atoms with Gasteiger partial charge in [0, 0.05) is 44.9 Å². The first kappa shape index (κ1) is 10.3. The highest BCUT2D eigenvalue weighted by atomic mass is 15.1. The van der Waals surface area contributed by atoms with E-state index in [1.165, 1.54) is 0 Å². The molecule has 0 aliphatic heterocycles. The Balaban J connectivity index is 1.60. The van der Waals surface area contributed by atoms with E-state index in [2.05, 4.69) is 15.0 Å². The normalized spacial score (nSPS) is 19.6. The fourth-order valence-electron chi connectivity index (χ4n) is 4.96. The zero-order valence-corrected chi connectivity index (χ0v) is 21.7. The second-order valence-corrected chi connectivity index (χ2v) is 9.08. The first-order valence-corrected chi connectivity index (χ1v) is 12.7. The average Bonchev–Trinajstić information content (AvgIpc) is 3.85. The van der Waals surface area contributed by atoms with E-state index in [-0.39, 0.29) is 0 Å². The molecule has 4 aromatic heterocycles. The molecule has 9 aromatic rings. The first-order valence-electron chi connectivity index (χ1n) is 25.2. The molecule has 9 rings (SSSR count). The second-order valence-electron chi connectivity index (χ2n) is 9.08. The van der Waals surface area contributed by atoms with Crippen LogP contribution in [0.15, 0.2) is 151 Å². The lowest BCUT2D eigenvalue weighted by molar-refractivity contribution is 1.04. The monoisotopic (exact) mass is 588 g/mol. The van der Waals surface area contributed by atoms with E-state index in [1.54, 1.807) is 0 Å². The molecule has 0 bridgehead atoms. The number of nitrogens with zero attached hydrogens (tertiary/aromatic N) is 5. The van der Waals surface area contributed by atoms with E-state index in [0.717, 1.165) is 9.13 Å². The Labute approximate surface area is 288 Å². The number of hydrogen-bond donors (Lipinski definition) is 0. The van der Waals surface area contributed by atoms with Crippen molar-refractivity contribution in [3.8, 4) is 34.2 Å². The van der Waals surface area contributed by atoms with Crippen LogP contribution < -0.4 is 0 Å². The van der Waals surface area contributed by atoms with Crippen LogP contribution in [0.25, 0.3) is 77.9 Å². The van der Waals surface area contributed by atoms with Crippen molar-refractivity contribution in [3.63, 3.8) is 0 Å². The number of benzene rings is 5. The van der Waals surface area contributed by atoms with E-state index < -0.39 is 229 Å². The van der Waals surface area contributed by atoms with Crippen molar-refractivity contribution in [2.45, 2.75) is 0 Å². The SMILES string of the molecule is [2H]c1nc2c(c([2H])c1[2H])c1c([2H])c([2H])c([2H])c([2H])c1n2-c1c([2H])c([2H])c([2H])c([2H])c1-c1nc(-c2c([2H])c([2H])c([2H])c([2H])c2[2H])c([2H])c(-n2c3c([2H])c([2H])c([2H])c([2H])c3c3c([2H])c([2H])c([2H])c([2H])c32)n1. The molecule has 0 N–H and O–H groups in total. The summed E-state index contributed by atoms with van der Waals surface area (Å²) in [7, 11) is 0. The average molecular weight is 589 g/mol. The van der Waals surface area contributed by atoms with E-state index in [9.17, 15) is 4.11 Å². The van der Waals surface area contributed by atoms with Crippen LogP contribution in [0, 0.1) is 0 Å². The third kappa shape index (κ3) is 3.69. The number of pyridine rings is 1. The molecule has 0 unspecified atom stereocenters. The molecule has 0 aliphatic carbocycles. The molecule has 0 aliphatic rings. The summed E-state index contributed by atoms with van der Waals surface area (Å²) < 4.78 is 222. The van der Waals surface area contributed by atoms with Crippen molar-refractivity contribution in [1.82, 2.24) is 24.1 Å². The second kappa shape index (κ2) is 9.75. The third-order valence-electron chi connectivity index (χ3n) is 6.74. The van der Waals surface area contributed by atoms with Gasteiger partial charge >= 0.3 is 0 Å².